The average molecular weight is 409 g/mol. The average Bonchev–Trinajstić information content (AvgIpc) is 3.14. The molecule has 8 nitrogen and oxygen atoms in total. The van der Waals surface area contributed by atoms with Gasteiger partial charge in [-0.1, -0.05) is 12.1 Å². The van der Waals surface area contributed by atoms with Gasteiger partial charge in [0.1, 0.15) is 18.3 Å². The van der Waals surface area contributed by atoms with Crippen molar-refractivity contribution in [1.82, 2.24) is 10.2 Å². The van der Waals surface area contributed by atoms with Crippen LogP contribution in [0.15, 0.2) is 52.9 Å². The molecule has 0 spiro atoms. The van der Waals surface area contributed by atoms with E-state index in [4.69, 9.17) is 13.9 Å². The maximum absolute atomic E-state index is 12.5. The lowest BCUT2D eigenvalue weighted by Gasteiger charge is -2.26. The quantitative estimate of drug-likeness (QED) is 0.650. The number of amides is 2. The summed E-state index contributed by atoms with van der Waals surface area (Å²) in [6, 6.07) is 14.3. The highest BCUT2D eigenvalue weighted by molar-refractivity contribution is 5.98. The molecule has 8 heteroatoms. The molecular formula is C22H23N3O5. The fourth-order valence-electron chi connectivity index (χ4n) is 3.18. The highest BCUT2D eigenvalue weighted by atomic mass is 16.6. The fraction of sp³-hybridized carbons (Fsp3) is 0.273. The molecule has 1 aromatic heterocycles. The van der Waals surface area contributed by atoms with E-state index in [9.17, 15) is 9.59 Å². The van der Waals surface area contributed by atoms with Crippen LogP contribution in [0.3, 0.4) is 0 Å². The predicted molar refractivity (Wildman–Crippen MR) is 112 cm³/mol. The van der Waals surface area contributed by atoms with Gasteiger partial charge >= 0.3 is 0 Å². The number of carbonyl (C=O) groups is 2. The van der Waals surface area contributed by atoms with Crippen LogP contribution in [0, 0.1) is 0 Å². The van der Waals surface area contributed by atoms with Crippen molar-refractivity contribution in [2.24, 2.45) is 0 Å². The molecular weight excluding hydrogens is 386 g/mol. The molecule has 2 N–H and O–H groups in total. The Labute approximate surface area is 173 Å². The van der Waals surface area contributed by atoms with Gasteiger partial charge in [-0.2, -0.15) is 0 Å². The SMILES string of the molecule is CN(C)CC(=O)Nc1ccc2oc(C(=O)NCC3COc4ccccc4O3)cc2c1. The highest BCUT2D eigenvalue weighted by Gasteiger charge is 2.22. The first-order valence-corrected chi connectivity index (χ1v) is 9.63. The number of ether oxygens (including phenoxy) is 2. The van der Waals surface area contributed by atoms with E-state index in [0.29, 0.717) is 29.4 Å². The third-order valence-corrected chi connectivity index (χ3v) is 4.54. The second kappa shape index (κ2) is 8.46. The number of benzene rings is 2. The Morgan fingerprint density at radius 3 is 2.70 bits per heavy atom. The van der Waals surface area contributed by atoms with Gasteiger partial charge in [-0.05, 0) is 50.5 Å². The minimum atomic E-state index is -0.341. The number of rotatable bonds is 6. The number of fused-ring (bicyclic) bond motifs is 2. The maximum atomic E-state index is 12.5. The molecule has 1 aliphatic rings. The van der Waals surface area contributed by atoms with Crippen LogP contribution < -0.4 is 20.1 Å². The topological polar surface area (TPSA) is 93.0 Å². The molecule has 0 fully saturated rings. The van der Waals surface area contributed by atoms with Crippen molar-refractivity contribution >= 4 is 28.5 Å². The molecule has 0 aliphatic carbocycles. The van der Waals surface area contributed by atoms with Gasteiger partial charge in [-0.25, -0.2) is 0 Å². The zero-order valence-corrected chi connectivity index (χ0v) is 16.8. The Hall–Kier alpha value is -3.52. The van der Waals surface area contributed by atoms with E-state index in [1.165, 1.54) is 0 Å². The smallest absolute Gasteiger partial charge is 0.287 e. The highest BCUT2D eigenvalue weighted by Crippen LogP contribution is 2.30. The second-order valence-electron chi connectivity index (χ2n) is 7.36. The Bertz CT molecular complexity index is 1080. The Balaban J connectivity index is 1.37. The first-order chi connectivity index (χ1) is 14.5. The Morgan fingerprint density at radius 2 is 1.90 bits per heavy atom. The van der Waals surface area contributed by atoms with E-state index in [1.54, 1.807) is 29.2 Å². The minimum absolute atomic E-state index is 0.114. The van der Waals surface area contributed by atoms with E-state index in [0.717, 1.165) is 5.39 Å². The van der Waals surface area contributed by atoms with Crippen molar-refractivity contribution in [3.8, 4) is 11.5 Å². The molecule has 156 valence electrons. The van der Waals surface area contributed by atoms with Crippen molar-refractivity contribution in [3.63, 3.8) is 0 Å². The van der Waals surface area contributed by atoms with Crippen molar-refractivity contribution in [2.75, 3.05) is 39.1 Å². The number of nitrogens with zero attached hydrogens (tertiary/aromatic N) is 1. The first kappa shape index (κ1) is 19.8. The van der Waals surface area contributed by atoms with Gasteiger partial charge in [0.05, 0.1) is 13.1 Å². The normalized spacial score (nSPS) is 15.2. The molecule has 4 rings (SSSR count). The molecule has 1 atom stereocenters. The number of anilines is 1. The summed E-state index contributed by atoms with van der Waals surface area (Å²) < 4.78 is 17.1. The molecule has 2 aromatic carbocycles. The lowest BCUT2D eigenvalue weighted by molar-refractivity contribution is -0.116. The van der Waals surface area contributed by atoms with E-state index in [2.05, 4.69) is 10.6 Å². The third-order valence-electron chi connectivity index (χ3n) is 4.54. The number of hydrogen-bond donors (Lipinski definition) is 2. The molecule has 0 saturated carbocycles. The Kier molecular flexibility index (Phi) is 5.58. The van der Waals surface area contributed by atoms with Crippen molar-refractivity contribution in [1.29, 1.82) is 0 Å². The number of nitrogens with one attached hydrogen (secondary N) is 2. The van der Waals surface area contributed by atoms with Gasteiger partial charge in [0.2, 0.25) is 5.91 Å². The number of para-hydroxylation sites is 2. The summed E-state index contributed by atoms with van der Waals surface area (Å²) in [7, 11) is 3.65. The van der Waals surface area contributed by atoms with Crippen molar-refractivity contribution in [3.05, 3.63) is 54.3 Å². The first-order valence-electron chi connectivity index (χ1n) is 9.63. The fourth-order valence-corrected chi connectivity index (χ4v) is 3.18. The summed E-state index contributed by atoms with van der Waals surface area (Å²) in [6.45, 7) is 0.929. The molecule has 2 heterocycles. The van der Waals surface area contributed by atoms with Crippen LogP contribution in [0.1, 0.15) is 10.6 Å². The van der Waals surface area contributed by atoms with Gasteiger partial charge in [0.15, 0.2) is 17.3 Å². The molecule has 1 aliphatic heterocycles. The van der Waals surface area contributed by atoms with Crippen LogP contribution in [0.2, 0.25) is 0 Å². The van der Waals surface area contributed by atoms with Gasteiger partial charge in [-0.3, -0.25) is 9.59 Å². The molecule has 0 saturated heterocycles. The number of furan rings is 1. The number of hydrogen-bond acceptors (Lipinski definition) is 6. The van der Waals surface area contributed by atoms with E-state index < -0.39 is 0 Å². The standard InChI is InChI=1S/C22H23N3O5/c1-25(2)12-21(26)24-15-7-8-17-14(9-15)10-20(30-17)22(27)23-11-16-13-28-18-5-3-4-6-19(18)29-16/h3-10,16H,11-13H2,1-2H3,(H,23,27)(H,24,26). The summed E-state index contributed by atoms with van der Waals surface area (Å²) in [5.41, 5.74) is 1.21. The van der Waals surface area contributed by atoms with Crippen LogP contribution >= 0.6 is 0 Å². The lowest BCUT2D eigenvalue weighted by Crippen LogP contribution is -2.40. The van der Waals surface area contributed by atoms with Crippen molar-refractivity contribution < 1.29 is 23.5 Å². The summed E-state index contributed by atoms with van der Waals surface area (Å²) in [4.78, 5) is 26.2. The lowest BCUT2D eigenvalue weighted by atomic mass is 10.2. The number of likely N-dealkylation sites (N-methyl/N-ethyl adjacent to an activating group) is 1. The molecule has 3 aromatic rings. The second-order valence-corrected chi connectivity index (χ2v) is 7.36. The van der Waals surface area contributed by atoms with Crippen LogP contribution in [0.25, 0.3) is 11.0 Å². The predicted octanol–water partition coefficient (Wildman–Crippen LogP) is 2.50. The molecule has 2 amide bonds. The summed E-state index contributed by atoms with van der Waals surface area (Å²) >= 11 is 0. The van der Waals surface area contributed by atoms with Gasteiger partial charge in [0.25, 0.3) is 5.91 Å². The summed E-state index contributed by atoms with van der Waals surface area (Å²) in [5, 5.41) is 6.37. The van der Waals surface area contributed by atoms with Crippen molar-refractivity contribution in [2.45, 2.75) is 6.10 Å². The van der Waals surface area contributed by atoms with Gasteiger partial charge in [-0.15, -0.1) is 0 Å². The van der Waals surface area contributed by atoms with Crippen LogP contribution in [0.4, 0.5) is 5.69 Å². The van der Waals surface area contributed by atoms with Crippen LogP contribution in [-0.4, -0.2) is 56.6 Å². The van der Waals surface area contributed by atoms with Crippen LogP contribution in [-0.2, 0) is 4.79 Å². The van der Waals surface area contributed by atoms with Gasteiger partial charge < -0.3 is 29.4 Å². The minimum Gasteiger partial charge on any atom is -0.486 e. The van der Waals surface area contributed by atoms with E-state index in [-0.39, 0.29) is 36.8 Å². The van der Waals surface area contributed by atoms with Crippen LogP contribution in [0.5, 0.6) is 11.5 Å². The zero-order valence-electron chi connectivity index (χ0n) is 16.8. The summed E-state index contributed by atoms with van der Waals surface area (Å²) in [6.07, 6.45) is -0.285. The largest absolute Gasteiger partial charge is 0.486 e. The van der Waals surface area contributed by atoms with Gasteiger partial charge in [0, 0.05) is 11.1 Å². The molecule has 1 unspecified atom stereocenters. The molecule has 30 heavy (non-hydrogen) atoms. The maximum Gasteiger partial charge on any atom is 0.287 e. The summed E-state index contributed by atoms with van der Waals surface area (Å²) in [5.74, 6) is 1.10. The molecule has 0 bridgehead atoms. The number of carbonyl (C=O) groups excluding carboxylic acids is 2. The van der Waals surface area contributed by atoms with E-state index >= 15 is 0 Å². The molecule has 0 radical (unpaired) electrons. The third kappa shape index (κ3) is 4.55. The monoisotopic (exact) mass is 409 g/mol. The zero-order chi connectivity index (χ0) is 21.1. The Morgan fingerprint density at radius 1 is 1.10 bits per heavy atom. The van der Waals surface area contributed by atoms with E-state index in [1.807, 2.05) is 38.4 Å².